The fourth-order valence-corrected chi connectivity index (χ4v) is 13.9. The van der Waals surface area contributed by atoms with E-state index in [9.17, 15) is 0 Å². The maximum atomic E-state index is 2.48. The highest BCUT2D eigenvalue weighted by molar-refractivity contribution is 7.21. The Bertz CT molecular complexity index is 2730. The first-order valence-corrected chi connectivity index (χ1v) is 21.6. The van der Waals surface area contributed by atoms with Crippen molar-refractivity contribution < 1.29 is 0 Å². The first-order valence-electron chi connectivity index (χ1n) is 19.6. The molecule has 0 bridgehead atoms. The second-order valence-corrected chi connectivity index (χ2v) is 18.2. The van der Waals surface area contributed by atoms with E-state index in [1.165, 1.54) is 54.4 Å². The zero-order valence-electron chi connectivity index (χ0n) is 31.5. The van der Waals surface area contributed by atoms with E-state index >= 15 is 0 Å². The van der Waals surface area contributed by atoms with E-state index in [-0.39, 0.29) is 0 Å². The number of rotatable bonds is 8. The lowest BCUT2D eigenvalue weighted by molar-refractivity contribution is 1.28. The van der Waals surface area contributed by atoms with Gasteiger partial charge in [0.2, 0.25) is 0 Å². The largest absolute Gasteiger partial charge is 0.311 e. The van der Waals surface area contributed by atoms with Gasteiger partial charge in [0.1, 0.15) is 0 Å². The molecular weight excluding hydrogens is 705 g/mol. The lowest BCUT2D eigenvalue weighted by Crippen LogP contribution is -2.77. The van der Waals surface area contributed by atoms with E-state index in [1.54, 1.807) is 0 Å². The molecule has 0 unspecified atom stereocenters. The Kier molecular flexibility index (Phi) is 8.90. The topological polar surface area (TPSA) is 6.48 Å². The van der Waals surface area contributed by atoms with Gasteiger partial charge in [-0.15, -0.1) is 0 Å². The molecule has 9 aromatic rings. The number of fused-ring (bicyclic) bond motifs is 2. The number of benzene rings is 9. The molecule has 0 fully saturated rings. The molecule has 10 rings (SSSR count). The summed E-state index contributed by atoms with van der Waals surface area (Å²) in [5.41, 5.74) is 11.7. The normalized spacial score (nSPS) is 12.7. The third-order valence-corrected chi connectivity index (χ3v) is 16.2. The van der Waals surface area contributed by atoms with E-state index < -0.39 is 8.07 Å². The number of hydrogen-bond donors (Lipinski definition) is 0. The number of para-hydroxylation sites is 4. The zero-order chi connectivity index (χ0) is 38.0. The van der Waals surface area contributed by atoms with Crippen molar-refractivity contribution in [3.8, 4) is 22.3 Å². The van der Waals surface area contributed by atoms with E-state index in [1.807, 2.05) is 0 Å². The van der Waals surface area contributed by atoms with Gasteiger partial charge in [0.15, 0.2) is 8.07 Å². The summed E-state index contributed by atoms with van der Waals surface area (Å²) in [5, 5.41) is 5.54. The van der Waals surface area contributed by atoms with Gasteiger partial charge in [-0.1, -0.05) is 188 Å². The Labute approximate surface area is 336 Å². The Hall–Kier alpha value is -7.20. The van der Waals surface area contributed by atoms with Crippen molar-refractivity contribution in [1.82, 2.24) is 0 Å². The van der Waals surface area contributed by atoms with Crippen molar-refractivity contribution in [3.05, 3.63) is 243 Å². The van der Waals surface area contributed by atoms with Crippen LogP contribution in [0.1, 0.15) is 0 Å². The average Bonchev–Trinajstić information content (AvgIpc) is 3.30. The van der Waals surface area contributed by atoms with Crippen LogP contribution in [0.15, 0.2) is 243 Å². The Morgan fingerprint density at radius 3 is 1.49 bits per heavy atom. The van der Waals surface area contributed by atoms with Crippen molar-refractivity contribution >= 4 is 62.9 Å². The highest BCUT2D eigenvalue weighted by atomic mass is 28.3. The molecule has 0 saturated carbocycles. The molecule has 9 aromatic carbocycles. The summed E-state index contributed by atoms with van der Waals surface area (Å²) in [7, 11) is -2.76. The third-order valence-electron chi connectivity index (χ3n) is 11.3. The zero-order valence-corrected chi connectivity index (χ0v) is 32.5. The van der Waals surface area contributed by atoms with Gasteiger partial charge in [-0.2, -0.15) is 0 Å². The minimum atomic E-state index is -2.76. The molecule has 0 N–H and O–H groups in total. The maximum absolute atomic E-state index is 2.76. The van der Waals surface area contributed by atoms with Crippen molar-refractivity contribution in [2.24, 2.45) is 0 Å². The third kappa shape index (κ3) is 5.97. The van der Waals surface area contributed by atoms with Crippen LogP contribution in [0.25, 0.3) is 22.3 Å². The van der Waals surface area contributed by atoms with Crippen molar-refractivity contribution in [2.45, 2.75) is 0 Å². The van der Waals surface area contributed by atoms with Crippen LogP contribution >= 0.6 is 0 Å². The van der Waals surface area contributed by atoms with Gasteiger partial charge in [-0.25, -0.2) is 0 Å². The summed E-state index contributed by atoms with van der Waals surface area (Å²) in [5.74, 6) is 0. The average molecular weight is 745 g/mol. The standard InChI is InChI=1S/C54H40N2Si/c1-6-20-42(21-7-1)49-30-16-17-31-50(49)55(44-22-8-2-9-23-44)46-37-34-41(35-38-46)43-36-39-54-52(40-43)56(45-24-10-3-11-25-45)51-32-18-19-33-53(51)57(54,47-26-12-4-13-27-47)48-28-14-5-15-29-48/h1-40H. The van der Waals surface area contributed by atoms with Gasteiger partial charge in [0.25, 0.3) is 0 Å². The fourth-order valence-electron chi connectivity index (χ4n) is 8.83. The molecule has 0 aliphatic carbocycles. The van der Waals surface area contributed by atoms with Crippen molar-refractivity contribution in [3.63, 3.8) is 0 Å². The predicted molar refractivity (Wildman–Crippen MR) is 244 cm³/mol. The number of nitrogens with zero attached hydrogens (tertiary/aromatic N) is 2. The van der Waals surface area contributed by atoms with E-state index in [2.05, 4.69) is 252 Å². The summed E-state index contributed by atoms with van der Waals surface area (Å²) in [4.78, 5) is 4.85. The molecule has 0 amide bonds. The van der Waals surface area contributed by atoms with Crippen LogP contribution in [-0.2, 0) is 0 Å². The highest BCUT2D eigenvalue weighted by Gasteiger charge is 2.48. The van der Waals surface area contributed by atoms with Crippen LogP contribution in [0, 0.1) is 0 Å². The Morgan fingerprint density at radius 1 is 0.333 bits per heavy atom. The van der Waals surface area contributed by atoms with Crippen LogP contribution in [0.4, 0.5) is 34.1 Å². The van der Waals surface area contributed by atoms with Crippen molar-refractivity contribution in [2.75, 3.05) is 9.80 Å². The molecule has 0 spiro atoms. The first-order chi connectivity index (χ1) is 28.3. The van der Waals surface area contributed by atoms with E-state index in [4.69, 9.17) is 0 Å². The summed E-state index contributed by atoms with van der Waals surface area (Å²) in [6.45, 7) is 0. The summed E-state index contributed by atoms with van der Waals surface area (Å²) < 4.78 is 0. The second kappa shape index (κ2) is 14.8. The molecule has 3 heteroatoms. The summed E-state index contributed by atoms with van der Waals surface area (Å²) in [6, 6.07) is 88.7. The van der Waals surface area contributed by atoms with Gasteiger partial charge in [-0.05, 0) is 92.0 Å². The van der Waals surface area contributed by atoms with Crippen LogP contribution in [0.2, 0.25) is 0 Å². The number of anilines is 6. The van der Waals surface area contributed by atoms with E-state index in [0.717, 1.165) is 22.7 Å². The Morgan fingerprint density at radius 2 is 0.825 bits per heavy atom. The minimum Gasteiger partial charge on any atom is -0.311 e. The maximum Gasteiger partial charge on any atom is 0.184 e. The monoisotopic (exact) mass is 744 g/mol. The minimum absolute atomic E-state index is 1.10. The fraction of sp³-hybridized carbons (Fsp3) is 0. The molecule has 1 aliphatic rings. The molecule has 0 saturated heterocycles. The van der Waals surface area contributed by atoms with Gasteiger partial charge in [0.05, 0.1) is 5.69 Å². The quantitative estimate of drug-likeness (QED) is 0.143. The lowest BCUT2D eigenvalue weighted by Gasteiger charge is -2.45. The van der Waals surface area contributed by atoms with E-state index in [0.29, 0.717) is 0 Å². The molecule has 0 radical (unpaired) electrons. The molecule has 57 heavy (non-hydrogen) atoms. The summed E-state index contributed by atoms with van der Waals surface area (Å²) >= 11 is 0. The molecule has 270 valence electrons. The lowest BCUT2D eigenvalue weighted by atomic mass is 10.0. The van der Waals surface area contributed by atoms with Gasteiger partial charge in [0, 0.05) is 34.0 Å². The van der Waals surface area contributed by atoms with Gasteiger partial charge >= 0.3 is 0 Å². The molecule has 1 heterocycles. The molecule has 2 nitrogen and oxygen atoms in total. The molecule has 0 aromatic heterocycles. The number of hydrogen-bond acceptors (Lipinski definition) is 2. The van der Waals surface area contributed by atoms with Crippen LogP contribution in [0.3, 0.4) is 0 Å². The predicted octanol–water partition coefficient (Wildman–Crippen LogP) is 11.7. The van der Waals surface area contributed by atoms with Crippen LogP contribution in [0.5, 0.6) is 0 Å². The van der Waals surface area contributed by atoms with Crippen LogP contribution in [-0.4, -0.2) is 8.07 Å². The highest BCUT2D eigenvalue weighted by Crippen LogP contribution is 2.43. The SMILES string of the molecule is c1ccc(-c2ccccc2N(c2ccccc2)c2ccc(-c3ccc4c(c3)N(c3ccccc3)c3ccccc3[Si]4(c3ccccc3)c3ccccc3)cc2)cc1. The Balaban J connectivity index is 1.15. The van der Waals surface area contributed by atoms with Gasteiger partial charge in [-0.3, -0.25) is 0 Å². The van der Waals surface area contributed by atoms with Gasteiger partial charge < -0.3 is 9.80 Å². The molecule has 0 atom stereocenters. The molecular formula is C54H40N2Si. The van der Waals surface area contributed by atoms with Crippen molar-refractivity contribution in [1.29, 1.82) is 0 Å². The summed E-state index contributed by atoms with van der Waals surface area (Å²) in [6.07, 6.45) is 0. The molecule has 1 aliphatic heterocycles. The first kappa shape index (κ1) is 34.3. The smallest absolute Gasteiger partial charge is 0.184 e. The van der Waals surface area contributed by atoms with Crippen LogP contribution < -0.4 is 30.5 Å². The second-order valence-electron chi connectivity index (χ2n) is 14.5.